The molecule has 0 fully saturated rings. The molecule has 2 rings (SSSR count). The summed E-state index contributed by atoms with van der Waals surface area (Å²) in [5.74, 6) is -0.298. The molecule has 0 saturated carbocycles. The molecule has 0 unspecified atom stereocenters. The summed E-state index contributed by atoms with van der Waals surface area (Å²) in [5.41, 5.74) is 1.13. The van der Waals surface area contributed by atoms with Gasteiger partial charge in [-0.3, -0.25) is 9.59 Å². The van der Waals surface area contributed by atoms with Crippen molar-refractivity contribution >= 4 is 52.0 Å². The molecule has 0 radical (unpaired) electrons. The molecule has 0 saturated heterocycles. The first-order chi connectivity index (χ1) is 10.6. The molecule has 0 atom stereocenters. The smallest absolute Gasteiger partial charge is 0.252 e. The van der Waals surface area contributed by atoms with Crippen molar-refractivity contribution < 1.29 is 9.59 Å². The summed E-state index contributed by atoms with van der Waals surface area (Å²) in [6.45, 7) is 0.436. The van der Waals surface area contributed by atoms with Crippen LogP contribution < -0.4 is 10.6 Å². The Hall–Kier alpha value is -1.56. The summed E-state index contributed by atoms with van der Waals surface area (Å²) in [4.78, 5) is 23.5. The van der Waals surface area contributed by atoms with Gasteiger partial charge in [-0.1, -0.05) is 23.2 Å². The topological polar surface area (TPSA) is 58.2 Å². The highest BCUT2D eigenvalue weighted by molar-refractivity contribution is 7.08. The third-order valence-electron chi connectivity index (χ3n) is 2.85. The van der Waals surface area contributed by atoms with E-state index in [0.717, 1.165) is 0 Å². The van der Waals surface area contributed by atoms with Crippen LogP contribution in [0.2, 0.25) is 10.0 Å². The Labute approximate surface area is 142 Å². The second-order valence-electron chi connectivity index (χ2n) is 4.54. The number of nitrogens with one attached hydrogen (secondary N) is 2. The van der Waals surface area contributed by atoms with Gasteiger partial charge in [0.15, 0.2) is 0 Å². The van der Waals surface area contributed by atoms with Crippen LogP contribution >= 0.6 is 34.5 Å². The number of amides is 2. The van der Waals surface area contributed by atoms with E-state index < -0.39 is 0 Å². The minimum atomic E-state index is -0.172. The minimum Gasteiger partial charge on any atom is -0.352 e. The van der Waals surface area contributed by atoms with E-state index in [2.05, 4.69) is 10.6 Å². The third kappa shape index (κ3) is 5.02. The van der Waals surface area contributed by atoms with Crippen LogP contribution in [0.5, 0.6) is 0 Å². The number of benzene rings is 1. The van der Waals surface area contributed by atoms with E-state index in [9.17, 15) is 9.59 Å². The summed E-state index contributed by atoms with van der Waals surface area (Å²) < 4.78 is 0. The predicted octanol–water partition coefficient (Wildman–Crippen LogP) is 4.20. The summed E-state index contributed by atoms with van der Waals surface area (Å²) >= 11 is 13.3. The Morgan fingerprint density at radius 2 is 2.00 bits per heavy atom. The average Bonchev–Trinajstić information content (AvgIpc) is 3.01. The van der Waals surface area contributed by atoms with Gasteiger partial charge < -0.3 is 10.6 Å². The second-order valence-corrected chi connectivity index (χ2v) is 6.17. The molecule has 4 nitrogen and oxygen atoms in total. The number of rotatable bonds is 6. The van der Waals surface area contributed by atoms with Gasteiger partial charge in [0, 0.05) is 28.9 Å². The largest absolute Gasteiger partial charge is 0.352 e. The Morgan fingerprint density at radius 1 is 1.18 bits per heavy atom. The molecule has 2 aromatic rings. The lowest BCUT2D eigenvalue weighted by Crippen LogP contribution is -2.25. The molecule has 2 N–H and O–H groups in total. The Morgan fingerprint density at radius 3 is 2.73 bits per heavy atom. The van der Waals surface area contributed by atoms with E-state index in [-0.39, 0.29) is 18.2 Å². The van der Waals surface area contributed by atoms with E-state index in [0.29, 0.717) is 34.3 Å². The van der Waals surface area contributed by atoms with Crippen LogP contribution in [0.3, 0.4) is 0 Å². The Balaban J connectivity index is 1.72. The van der Waals surface area contributed by atoms with Crippen LogP contribution in [0.4, 0.5) is 5.69 Å². The number of hydrogen-bond donors (Lipinski definition) is 2. The van der Waals surface area contributed by atoms with Gasteiger partial charge >= 0.3 is 0 Å². The molecule has 0 aliphatic carbocycles. The average molecular weight is 357 g/mol. The zero-order valence-corrected chi connectivity index (χ0v) is 13.9. The zero-order chi connectivity index (χ0) is 15.9. The highest BCUT2D eigenvalue weighted by Crippen LogP contribution is 2.25. The normalized spacial score (nSPS) is 10.3. The maximum Gasteiger partial charge on any atom is 0.252 e. The fourth-order valence-electron chi connectivity index (χ4n) is 1.75. The minimum absolute atomic E-state index is 0.125. The van der Waals surface area contributed by atoms with Crippen molar-refractivity contribution in [2.45, 2.75) is 12.8 Å². The summed E-state index contributed by atoms with van der Waals surface area (Å²) in [6, 6.07) is 6.63. The molecular weight excluding hydrogens is 343 g/mol. The van der Waals surface area contributed by atoms with Crippen molar-refractivity contribution in [1.82, 2.24) is 5.32 Å². The molecule has 0 bridgehead atoms. The molecule has 1 aromatic heterocycles. The fraction of sp³-hybridized carbons (Fsp3) is 0.200. The Bertz CT molecular complexity index is 660. The second kappa shape index (κ2) is 8.17. The van der Waals surface area contributed by atoms with Gasteiger partial charge in [-0.15, -0.1) is 0 Å². The lowest BCUT2D eigenvalue weighted by atomic mass is 10.2. The molecule has 7 heteroatoms. The van der Waals surface area contributed by atoms with Gasteiger partial charge in [0.05, 0.1) is 10.7 Å². The highest BCUT2D eigenvalue weighted by atomic mass is 35.5. The molecule has 116 valence electrons. The number of carbonyl (C=O) groups is 2. The van der Waals surface area contributed by atoms with Crippen LogP contribution in [0, 0.1) is 0 Å². The summed E-state index contributed by atoms with van der Waals surface area (Å²) in [6.07, 6.45) is 0.826. The van der Waals surface area contributed by atoms with E-state index in [1.54, 1.807) is 29.6 Å². The number of halogens is 2. The van der Waals surface area contributed by atoms with Crippen molar-refractivity contribution in [2.24, 2.45) is 0 Å². The number of hydrogen-bond acceptors (Lipinski definition) is 3. The summed E-state index contributed by atoms with van der Waals surface area (Å²) in [7, 11) is 0. The fourth-order valence-corrected chi connectivity index (χ4v) is 2.73. The maximum atomic E-state index is 11.8. The molecule has 1 heterocycles. The molecule has 0 aliphatic heterocycles. The van der Waals surface area contributed by atoms with E-state index in [1.165, 1.54) is 11.3 Å². The third-order valence-corrected chi connectivity index (χ3v) is 4.10. The van der Waals surface area contributed by atoms with E-state index in [4.69, 9.17) is 23.2 Å². The number of thiophene rings is 1. The van der Waals surface area contributed by atoms with Crippen molar-refractivity contribution in [3.05, 3.63) is 50.6 Å². The predicted molar refractivity (Wildman–Crippen MR) is 91.0 cm³/mol. The quantitative estimate of drug-likeness (QED) is 0.761. The van der Waals surface area contributed by atoms with Gasteiger partial charge in [-0.05, 0) is 36.1 Å². The standard InChI is InChI=1S/C15H14Cl2N2O2S/c16-11-3-4-12(17)13(8-11)19-14(20)2-1-6-18-15(21)10-5-7-22-9-10/h3-5,7-9H,1-2,6H2,(H,18,21)(H,19,20). The van der Waals surface area contributed by atoms with Gasteiger partial charge in [0.25, 0.3) is 5.91 Å². The van der Waals surface area contributed by atoms with Crippen LogP contribution in [-0.2, 0) is 4.79 Å². The van der Waals surface area contributed by atoms with Crippen LogP contribution in [0.25, 0.3) is 0 Å². The highest BCUT2D eigenvalue weighted by Gasteiger charge is 2.08. The zero-order valence-electron chi connectivity index (χ0n) is 11.6. The van der Waals surface area contributed by atoms with E-state index >= 15 is 0 Å². The Kier molecular flexibility index (Phi) is 6.24. The lowest BCUT2D eigenvalue weighted by molar-refractivity contribution is -0.116. The monoisotopic (exact) mass is 356 g/mol. The maximum absolute atomic E-state index is 11.8. The van der Waals surface area contributed by atoms with Crippen LogP contribution in [-0.4, -0.2) is 18.4 Å². The first-order valence-electron chi connectivity index (χ1n) is 6.61. The lowest BCUT2D eigenvalue weighted by Gasteiger charge is -2.08. The van der Waals surface area contributed by atoms with Crippen molar-refractivity contribution in [1.29, 1.82) is 0 Å². The SMILES string of the molecule is O=C(CCCNC(=O)c1ccsc1)Nc1cc(Cl)ccc1Cl. The first-order valence-corrected chi connectivity index (χ1v) is 8.31. The van der Waals surface area contributed by atoms with Gasteiger partial charge in [-0.25, -0.2) is 0 Å². The molecule has 0 aliphatic rings. The van der Waals surface area contributed by atoms with Crippen molar-refractivity contribution in [3.63, 3.8) is 0 Å². The van der Waals surface area contributed by atoms with Crippen molar-refractivity contribution in [3.8, 4) is 0 Å². The number of carbonyl (C=O) groups excluding carboxylic acids is 2. The molecule has 2 amide bonds. The molecule has 0 spiro atoms. The summed E-state index contributed by atoms with van der Waals surface area (Å²) in [5, 5.41) is 10.0. The van der Waals surface area contributed by atoms with Gasteiger partial charge in [0.1, 0.15) is 0 Å². The van der Waals surface area contributed by atoms with Crippen LogP contribution in [0.1, 0.15) is 23.2 Å². The van der Waals surface area contributed by atoms with Crippen molar-refractivity contribution in [2.75, 3.05) is 11.9 Å². The molecule has 22 heavy (non-hydrogen) atoms. The first kappa shape index (κ1) is 16.8. The van der Waals surface area contributed by atoms with Gasteiger partial charge in [-0.2, -0.15) is 11.3 Å². The molecule has 1 aromatic carbocycles. The van der Waals surface area contributed by atoms with Gasteiger partial charge in [0.2, 0.25) is 5.91 Å². The number of anilines is 1. The molecular formula is C15H14Cl2N2O2S. The van der Waals surface area contributed by atoms with Crippen LogP contribution in [0.15, 0.2) is 35.0 Å². The van der Waals surface area contributed by atoms with E-state index in [1.807, 2.05) is 5.38 Å².